The van der Waals surface area contributed by atoms with Crippen molar-refractivity contribution in [1.82, 2.24) is 0 Å². The third kappa shape index (κ3) is 2.46. The van der Waals surface area contributed by atoms with Crippen LogP contribution in [0, 0.1) is 11.8 Å². The van der Waals surface area contributed by atoms with E-state index in [2.05, 4.69) is 6.92 Å². The Balaban J connectivity index is 2.30. The Bertz CT molecular complexity index is 125. The fraction of sp³-hybridized carbons (Fsp3) is 1.00. The van der Waals surface area contributed by atoms with Crippen LogP contribution in [0.4, 0.5) is 0 Å². The van der Waals surface area contributed by atoms with Crippen LogP contribution in [-0.4, -0.2) is 22.9 Å². The van der Waals surface area contributed by atoms with Crippen LogP contribution in [0.15, 0.2) is 0 Å². The summed E-state index contributed by atoms with van der Waals surface area (Å²) in [6, 6.07) is 0. The van der Waals surface area contributed by atoms with Gasteiger partial charge in [-0.1, -0.05) is 19.8 Å². The van der Waals surface area contributed by atoms with Crippen LogP contribution in [0.3, 0.4) is 0 Å². The standard InChI is InChI=1S/C10H20O2/c1-2-3-8-4-5-9(7-11)10(12)6-8/h8-12H,2-7H2,1H3. The third-order valence-corrected chi connectivity index (χ3v) is 3.00. The fourth-order valence-corrected chi connectivity index (χ4v) is 2.18. The minimum Gasteiger partial charge on any atom is -0.396 e. The lowest BCUT2D eigenvalue weighted by molar-refractivity contribution is 0.0142. The molecule has 0 aliphatic heterocycles. The highest BCUT2D eigenvalue weighted by Gasteiger charge is 2.27. The van der Waals surface area contributed by atoms with Crippen molar-refractivity contribution < 1.29 is 10.2 Å². The molecule has 1 aliphatic carbocycles. The van der Waals surface area contributed by atoms with Crippen molar-refractivity contribution in [2.24, 2.45) is 11.8 Å². The van der Waals surface area contributed by atoms with Gasteiger partial charge in [0.05, 0.1) is 6.10 Å². The fourth-order valence-electron chi connectivity index (χ4n) is 2.18. The van der Waals surface area contributed by atoms with Gasteiger partial charge in [-0.15, -0.1) is 0 Å². The topological polar surface area (TPSA) is 40.5 Å². The summed E-state index contributed by atoms with van der Waals surface area (Å²) in [6.45, 7) is 2.34. The van der Waals surface area contributed by atoms with Crippen molar-refractivity contribution in [3.05, 3.63) is 0 Å². The van der Waals surface area contributed by atoms with Gasteiger partial charge in [0.2, 0.25) is 0 Å². The molecule has 1 fully saturated rings. The molecule has 1 aliphatic rings. The lowest BCUT2D eigenvalue weighted by atomic mass is 9.78. The zero-order chi connectivity index (χ0) is 8.97. The maximum absolute atomic E-state index is 9.61. The molecule has 2 heteroatoms. The van der Waals surface area contributed by atoms with Crippen molar-refractivity contribution in [2.75, 3.05) is 6.61 Å². The van der Waals surface area contributed by atoms with Gasteiger partial charge in [-0.25, -0.2) is 0 Å². The van der Waals surface area contributed by atoms with E-state index in [0.29, 0.717) is 5.92 Å². The van der Waals surface area contributed by atoms with Crippen molar-refractivity contribution in [2.45, 2.75) is 45.1 Å². The first-order chi connectivity index (χ1) is 5.77. The molecule has 2 N–H and O–H groups in total. The van der Waals surface area contributed by atoms with Gasteiger partial charge in [0.1, 0.15) is 0 Å². The number of rotatable bonds is 3. The van der Waals surface area contributed by atoms with E-state index in [0.717, 1.165) is 12.8 Å². The molecule has 0 aromatic carbocycles. The van der Waals surface area contributed by atoms with Crippen LogP contribution in [0.2, 0.25) is 0 Å². The second-order valence-corrected chi connectivity index (χ2v) is 3.98. The predicted octanol–water partition coefficient (Wildman–Crippen LogP) is 1.56. The molecule has 0 radical (unpaired) electrons. The molecule has 0 aromatic heterocycles. The van der Waals surface area contributed by atoms with Crippen molar-refractivity contribution in [3.8, 4) is 0 Å². The second-order valence-electron chi connectivity index (χ2n) is 3.98. The zero-order valence-corrected chi connectivity index (χ0v) is 7.87. The van der Waals surface area contributed by atoms with Gasteiger partial charge in [0.15, 0.2) is 0 Å². The molecule has 2 nitrogen and oxygen atoms in total. The molecular weight excluding hydrogens is 152 g/mol. The predicted molar refractivity (Wildman–Crippen MR) is 48.8 cm³/mol. The summed E-state index contributed by atoms with van der Waals surface area (Å²) in [5.74, 6) is 0.853. The number of aliphatic hydroxyl groups excluding tert-OH is 2. The van der Waals surface area contributed by atoms with Gasteiger partial charge in [0, 0.05) is 12.5 Å². The highest BCUT2D eigenvalue weighted by atomic mass is 16.3. The Kier molecular flexibility index (Phi) is 4.02. The van der Waals surface area contributed by atoms with Gasteiger partial charge in [-0.2, -0.15) is 0 Å². The quantitative estimate of drug-likeness (QED) is 0.678. The highest BCUT2D eigenvalue weighted by molar-refractivity contribution is 4.78. The SMILES string of the molecule is CCCC1CCC(CO)C(O)C1. The minimum absolute atomic E-state index is 0.151. The van der Waals surface area contributed by atoms with E-state index in [1.54, 1.807) is 0 Å². The van der Waals surface area contributed by atoms with Crippen molar-refractivity contribution in [1.29, 1.82) is 0 Å². The summed E-state index contributed by atoms with van der Waals surface area (Å²) in [4.78, 5) is 0. The monoisotopic (exact) mass is 172 g/mol. The first kappa shape index (κ1) is 10.0. The first-order valence-corrected chi connectivity index (χ1v) is 5.06. The molecule has 0 spiro atoms. The normalized spacial score (nSPS) is 36.8. The Morgan fingerprint density at radius 2 is 2.08 bits per heavy atom. The molecule has 1 rings (SSSR count). The molecule has 0 amide bonds. The van der Waals surface area contributed by atoms with E-state index < -0.39 is 0 Å². The molecule has 1 saturated carbocycles. The van der Waals surface area contributed by atoms with Gasteiger partial charge in [0.25, 0.3) is 0 Å². The van der Waals surface area contributed by atoms with E-state index >= 15 is 0 Å². The van der Waals surface area contributed by atoms with Crippen LogP contribution < -0.4 is 0 Å². The van der Waals surface area contributed by atoms with Crippen LogP contribution in [0.25, 0.3) is 0 Å². The van der Waals surface area contributed by atoms with Crippen LogP contribution in [0.5, 0.6) is 0 Å². The van der Waals surface area contributed by atoms with Crippen molar-refractivity contribution >= 4 is 0 Å². The van der Waals surface area contributed by atoms with E-state index in [1.165, 1.54) is 19.3 Å². The summed E-state index contributed by atoms with van der Waals surface area (Å²) in [5, 5.41) is 18.5. The molecule has 72 valence electrons. The average Bonchev–Trinajstić information content (AvgIpc) is 2.05. The lowest BCUT2D eigenvalue weighted by Crippen LogP contribution is -2.31. The first-order valence-electron chi connectivity index (χ1n) is 5.06. The Morgan fingerprint density at radius 1 is 1.33 bits per heavy atom. The molecule has 3 unspecified atom stereocenters. The average molecular weight is 172 g/mol. The Morgan fingerprint density at radius 3 is 2.58 bits per heavy atom. The zero-order valence-electron chi connectivity index (χ0n) is 7.87. The number of hydrogen-bond donors (Lipinski definition) is 2. The second kappa shape index (κ2) is 4.83. The summed E-state index contributed by atoms with van der Waals surface area (Å²) in [6.07, 6.45) is 5.29. The molecule has 12 heavy (non-hydrogen) atoms. The summed E-state index contributed by atoms with van der Waals surface area (Å²) < 4.78 is 0. The summed E-state index contributed by atoms with van der Waals surface area (Å²) in [7, 11) is 0. The highest BCUT2D eigenvalue weighted by Crippen LogP contribution is 2.31. The van der Waals surface area contributed by atoms with Crippen LogP contribution in [0.1, 0.15) is 39.0 Å². The summed E-state index contributed by atoms with van der Waals surface area (Å²) >= 11 is 0. The molecule has 0 aromatic rings. The lowest BCUT2D eigenvalue weighted by Gasteiger charge is -2.31. The maximum atomic E-state index is 9.61. The summed E-state index contributed by atoms with van der Waals surface area (Å²) in [5.41, 5.74) is 0. The maximum Gasteiger partial charge on any atom is 0.0592 e. The molecular formula is C10H20O2. The van der Waals surface area contributed by atoms with E-state index in [4.69, 9.17) is 5.11 Å². The van der Waals surface area contributed by atoms with Gasteiger partial charge in [-0.05, 0) is 25.2 Å². The number of aliphatic hydroxyl groups is 2. The smallest absolute Gasteiger partial charge is 0.0592 e. The number of hydrogen-bond acceptors (Lipinski definition) is 2. The Labute approximate surface area is 74.6 Å². The molecule has 0 heterocycles. The van der Waals surface area contributed by atoms with E-state index in [-0.39, 0.29) is 18.6 Å². The molecule has 3 atom stereocenters. The van der Waals surface area contributed by atoms with E-state index in [9.17, 15) is 5.11 Å². The Hall–Kier alpha value is -0.0800. The van der Waals surface area contributed by atoms with Gasteiger partial charge in [-0.3, -0.25) is 0 Å². The molecule has 0 saturated heterocycles. The van der Waals surface area contributed by atoms with Crippen LogP contribution in [-0.2, 0) is 0 Å². The van der Waals surface area contributed by atoms with Crippen LogP contribution >= 0.6 is 0 Å². The molecule has 0 bridgehead atoms. The van der Waals surface area contributed by atoms with E-state index in [1.807, 2.05) is 0 Å². The minimum atomic E-state index is -0.250. The van der Waals surface area contributed by atoms with Gasteiger partial charge < -0.3 is 10.2 Å². The third-order valence-electron chi connectivity index (χ3n) is 3.00. The van der Waals surface area contributed by atoms with Gasteiger partial charge >= 0.3 is 0 Å². The largest absolute Gasteiger partial charge is 0.396 e. The van der Waals surface area contributed by atoms with Crippen molar-refractivity contribution in [3.63, 3.8) is 0 Å².